The van der Waals surface area contributed by atoms with Crippen LogP contribution in [0.3, 0.4) is 0 Å². The van der Waals surface area contributed by atoms with Crippen molar-refractivity contribution >= 4 is 34.0 Å². The number of carbonyl (C=O) groups excluding carboxylic acids is 2. The molecule has 3 aromatic rings. The quantitative estimate of drug-likeness (QED) is 0.670. The van der Waals surface area contributed by atoms with E-state index in [1.807, 2.05) is 43.3 Å². The number of para-hydroxylation sites is 1. The van der Waals surface area contributed by atoms with E-state index in [-0.39, 0.29) is 18.2 Å². The highest BCUT2D eigenvalue weighted by Gasteiger charge is 2.23. The number of hydrogen-bond acceptors (Lipinski definition) is 5. The largest absolute Gasteiger partial charge is 0.496 e. The number of fused-ring (bicyclic) bond motifs is 1. The van der Waals surface area contributed by atoms with Gasteiger partial charge in [0.25, 0.3) is 0 Å². The summed E-state index contributed by atoms with van der Waals surface area (Å²) in [7, 11) is 1.60. The van der Waals surface area contributed by atoms with Gasteiger partial charge in [0, 0.05) is 35.2 Å². The standard InChI is InChI=1S/C23H23N3O3S/c1-14-22(18-8-9-19-16(12-18)10-11-26(19)15(2)27)25-23(30-14)24-21(28)13-17-6-4-5-7-20(17)29-3/h4-9,12H,10-11,13H2,1-3H3,(H,24,25,28). The molecule has 1 aliphatic heterocycles. The summed E-state index contributed by atoms with van der Waals surface area (Å²) in [5.41, 5.74) is 4.82. The first-order chi connectivity index (χ1) is 14.5. The topological polar surface area (TPSA) is 71.5 Å². The molecule has 1 aromatic heterocycles. The minimum absolute atomic E-state index is 0.0615. The molecule has 30 heavy (non-hydrogen) atoms. The van der Waals surface area contributed by atoms with Crippen molar-refractivity contribution < 1.29 is 14.3 Å². The molecule has 0 spiro atoms. The third-order valence-electron chi connectivity index (χ3n) is 5.22. The second-order valence-electron chi connectivity index (χ2n) is 7.22. The van der Waals surface area contributed by atoms with Crippen molar-refractivity contribution in [1.29, 1.82) is 0 Å². The number of carbonyl (C=O) groups is 2. The summed E-state index contributed by atoms with van der Waals surface area (Å²) in [6.07, 6.45) is 1.06. The molecule has 154 valence electrons. The first-order valence-corrected chi connectivity index (χ1v) is 10.6. The number of thiazole rings is 1. The van der Waals surface area contributed by atoms with Crippen LogP contribution in [-0.2, 0) is 22.4 Å². The number of ether oxygens (including phenoxy) is 1. The average molecular weight is 422 g/mol. The minimum Gasteiger partial charge on any atom is -0.496 e. The van der Waals surface area contributed by atoms with Gasteiger partial charge in [0.05, 0.1) is 19.2 Å². The van der Waals surface area contributed by atoms with Gasteiger partial charge in [0.1, 0.15) is 5.75 Å². The van der Waals surface area contributed by atoms with Crippen LogP contribution in [0.1, 0.15) is 22.9 Å². The summed E-state index contributed by atoms with van der Waals surface area (Å²) in [6, 6.07) is 13.6. The van der Waals surface area contributed by atoms with Gasteiger partial charge in [0.15, 0.2) is 5.13 Å². The normalized spacial score (nSPS) is 12.6. The SMILES string of the molecule is COc1ccccc1CC(=O)Nc1nc(-c2ccc3c(c2)CCN3C(C)=O)c(C)s1. The van der Waals surface area contributed by atoms with Crippen LogP contribution >= 0.6 is 11.3 Å². The smallest absolute Gasteiger partial charge is 0.230 e. The second-order valence-corrected chi connectivity index (χ2v) is 8.43. The third kappa shape index (κ3) is 3.93. The fraction of sp³-hybridized carbons (Fsp3) is 0.261. The van der Waals surface area contributed by atoms with E-state index in [1.165, 1.54) is 11.3 Å². The zero-order valence-corrected chi connectivity index (χ0v) is 18.0. The molecule has 0 radical (unpaired) electrons. The van der Waals surface area contributed by atoms with Crippen LogP contribution in [0.2, 0.25) is 0 Å². The van der Waals surface area contributed by atoms with Crippen LogP contribution in [-0.4, -0.2) is 30.5 Å². The second kappa shape index (κ2) is 8.28. The molecule has 2 heterocycles. The molecule has 0 saturated carbocycles. The highest BCUT2D eigenvalue weighted by atomic mass is 32.1. The molecule has 0 bridgehead atoms. The van der Waals surface area contributed by atoms with Crippen LogP contribution < -0.4 is 15.0 Å². The Morgan fingerprint density at radius 1 is 1.23 bits per heavy atom. The number of aryl methyl sites for hydroxylation is 1. The number of benzene rings is 2. The summed E-state index contributed by atoms with van der Waals surface area (Å²) < 4.78 is 5.32. The average Bonchev–Trinajstić information content (AvgIpc) is 3.31. The van der Waals surface area contributed by atoms with E-state index in [0.29, 0.717) is 17.4 Å². The van der Waals surface area contributed by atoms with E-state index in [0.717, 1.165) is 39.4 Å². The highest BCUT2D eigenvalue weighted by Crippen LogP contribution is 2.35. The number of anilines is 2. The molecule has 0 fully saturated rings. The number of aromatic nitrogens is 1. The number of nitrogens with zero attached hydrogens (tertiary/aromatic N) is 2. The molecule has 2 amide bonds. The Bertz CT molecular complexity index is 1120. The van der Waals surface area contributed by atoms with Crippen LogP contribution in [0.15, 0.2) is 42.5 Å². The molecule has 2 aromatic carbocycles. The maximum absolute atomic E-state index is 12.5. The van der Waals surface area contributed by atoms with Gasteiger partial charge in [0.2, 0.25) is 11.8 Å². The fourth-order valence-electron chi connectivity index (χ4n) is 3.78. The Hall–Kier alpha value is -3.19. The van der Waals surface area contributed by atoms with Crippen LogP contribution in [0.25, 0.3) is 11.3 Å². The van der Waals surface area contributed by atoms with E-state index < -0.39 is 0 Å². The number of amides is 2. The lowest BCUT2D eigenvalue weighted by Gasteiger charge is -2.14. The molecule has 4 rings (SSSR count). The van der Waals surface area contributed by atoms with Crippen LogP contribution in [0.5, 0.6) is 5.75 Å². The molecule has 6 nitrogen and oxygen atoms in total. The Kier molecular flexibility index (Phi) is 5.55. The zero-order valence-electron chi connectivity index (χ0n) is 17.2. The Morgan fingerprint density at radius 3 is 2.80 bits per heavy atom. The molecular weight excluding hydrogens is 398 g/mol. The Balaban J connectivity index is 1.51. The molecule has 1 N–H and O–H groups in total. The lowest BCUT2D eigenvalue weighted by Crippen LogP contribution is -2.25. The lowest BCUT2D eigenvalue weighted by molar-refractivity contribution is -0.117. The van der Waals surface area contributed by atoms with E-state index >= 15 is 0 Å². The van der Waals surface area contributed by atoms with Gasteiger partial charge in [-0.2, -0.15) is 0 Å². The van der Waals surface area contributed by atoms with Crippen molar-refractivity contribution in [2.45, 2.75) is 26.7 Å². The number of hydrogen-bond donors (Lipinski definition) is 1. The summed E-state index contributed by atoms with van der Waals surface area (Å²) in [5, 5.41) is 3.48. The zero-order chi connectivity index (χ0) is 21.3. The van der Waals surface area contributed by atoms with Gasteiger partial charge < -0.3 is 15.0 Å². The van der Waals surface area contributed by atoms with Crippen molar-refractivity contribution in [2.24, 2.45) is 0 Å². The fourth-order valence-corrected chi connectivity index (χ4v) is 4.63. The maximum Gasteiger partial charge on any atom is 0.230 e. The Morgan fingerprint density at radius 2 is 2.03 bits per heavy atom. The van der Waals surface area contributed by atoms with E-state index in [9.17, 15) is 9.59 Å². The van der Waals surface area contributed by atoms with Gasteiger partial charge in [-0.3, -0.25) is 9.59 Å². The van der Waals surface area contributed by atoms with Gasteiger partial charge in [-0.05, 0) is 37.1 Å². The molecular formula is C23H23N3O3S. The number of methoxy groups -OCH3 is 1. The first-order valence-electron chi connectivity index (χ1n) is 9.77. The van der Waals surface area contributed by atoms with Gasteiger partial charge in [-0.1, -0.05) is 24.3 Å². The van der Waals surface area contributed by atoms with Crippen molar-refractivity contribution in [1.82, 2.24) is 4.98 Å². The Labute approximate surface area is 179 Å². The molecule has 1 aliphatic rings. The lowest BCUT2D eigenvalue weighted by atomic mass is 10.1. The van der Waals surface area contributed by atoms with Crippen molar-refractivity contribution in [3.05, 3.63) is 58.5 Å². The minimum atomic E-state index is -0.133. The summed E-state index contributed by atoms with van der Waals surface area (Å²) in [6.45, 7) is 4.31. The number of nitrogens with one attached hydrogen (secondary N) is 1. The predicted octanol–water partition coefficient (Wildman–Crippen LogP) is 4.22. The molecule has 0 aliphatic carbocycles. The predicted molar refractivity (Wildman–Crippen MR) is 119 cm³/mol. The number of rotatable bonds is 5. The summed E-state index contributed by atoms with van der Waals surface area (Å²) in [5.74, 6) is 0.624. The molecule has 7 heteroatoms. The first kappa shape index (κ1) is 20.1. The van der Waals surface area contributed by atoms with Crippen molar-refractivity contribution in [3.63, 3.8) is 0 Å². The monoisotopic (exact) mass is 421 g/mol. The van der Waals surface area contributed by atoms with Crippen LogP contribution in [0, 0.1) is 6.92 Å². The maximum atomic E-state index is 12.5. The van der Waals surface area contributed by atoms with E-state index in [4.69, 9.17) is 4.74 Å². The van der Waals surface area contributed by atoms with Crippen molar-refractivity contribution in [3.8, 4) is 17.0 Å². The van der Waals surface area contributed by atoms with Gasteiger partial charge in [-0.25, -0.2) is 4.98 Å². The van der Waals surface area contributed by atoms with Crippen LogP contribution in [0.4, 0.5) is 10.8 Å². The van der Waals surface area contributed by atoms with Gasteiger partial charge >= 0.3 is 0 Å². The van der Waals surface area contributed by atoms with Gasteiger partial charge in [-0.15, -0.1) is 11.3 Å². The third-order valence-corrected chi connectivity index (χ3v) is 6.10. The van der Waals surface area contributed by atoms with E-state index in [2.05, 4.69) is 16.4 Å². The van der Waals surface area contributed by atoms with E-state index in [1.54, 1.807) is 18.9 Å². The molecule has 0 saturated heterocycles. The summed E-state index contributed by atoms with van der Waals surface area (Å²) in [4.78, 5) is 31.8. The van der Waals surface area contributed by atoms with Crippen molar-refractivity contribution in [2.75, 3.05) is 23.9 Å². The summed E-state index contributed by atoms with van der Waals surface area (Å²) >= 11 is 1.46. The molecule has 0 unspecified atom stereocenters. The molecule has 0 atom stereocenters. The highest BCUT2D eigenvalue weighted by molar-refractivity contribution is 7.16.